The first-order valence-corrected chi connectivity index (χ1v) is 14.6. The Bertz CT molecular complexity index is 1230. The lowest BCUT2D eigenvalue weighted by Gasteiger charge is -2.33. The Morgan fingerprint density at radius 2 is 1.76 bits per heavy atom. The maximum absolute atomic E-state index is 13.8. The number of carbonyl (C=O) groups is 2. The molecule has 1 heterocycles. The molecule has 200 valence electrons. The van der Waals surface area contributed by atoms with Gasteiger partial charge in [-0.05, 0) is 49.1 Å². The molecule has 0 aromatic heterocycles. The summed E-state index contributed by atoms with van der Waals surface area (Å²) in [4.78, 5) is 28.5. The van der Waals surface area contributed by atoms with Crippen LogP contribution in [0.25, 0.3) is 0 Å². The number of fused-ring (bicyclic) bond motifs is 1. The fourth-order valence-electron chi connectivity index (χ4n) is 4.73. The van der Waals surface area contributed by atoms with Gasteiger partial charge in [0.05, 0.1) is 11.9 Å². The molecular formula is C26H32ClN3O6S. The third-order valence-corrected chi connectivity index (χ3v) is 8.07. The molecule has 1 aliphatic heterocycles. The molecule has 0 radical (unpaired) electrons. The van der Waals surface area contributed by atoms with Crippen molar-refractivity contribution < 1.29 is 27.5 Å². The molecule has 4 rings (SSSR count). The zero-order valence-electron chi connectivity index (χ0n) is 21.0. The standard InChI is InChI=1S/C26H32ClN3O6S/c1-3-22(26(32)28-20-6-4-5-7-20)29(15-18-8-10-19(27)11-9-18)25(31)16-30(37(2,33)34)21-12-13-23-24(14-21)36-17-35-23/h8-14,20,22H,3-7,15-17H2,1-2H3,(H,28,32)/t22-/m1/s1. The molecule has 0 unspecified atom stereocenters. The highest BCUT2D eigenvalue weighted by Crippen LogP contribution is 2.36. The molecule has 1 aliphatic carbocycles. The molecule has 11 heteroatoms. The topological polar surface area (TPSA) is 105 Å². The van der Waals surface area contributed by atoms with Gasteiger partial charge in [0.1, 0.15) is 12.6 Å². The second-order valence-electron chi connectivity index (χ2n) is 9.37. The maximum atomic E-state index is 13.8. The first kappa shape index (κ1) is 27.1. The Morgan fingerprint density at radius 3 is 2.41 bits per heavy atom. The summed E-state index contributed by atoms with van der Waals surface area (Å²) < 4.78 is 37.3. The van der Waals surface area contributed by atoms with Crippen molar-refractivity contribution in [3.63, 3.8) is 0 Å². The van der Waals surface area contributed by atoms with Crippen molar-refractivity contribution in [3.8, 4) is 11.5 Å². The molecule has 2 aliphatic rings. The highest BCUT2D eigenvalue weighted by atomic mass is 35.5. The Balaban J connectivity index is 1.62. The number of rotatable bonds is 10. The number of nitrogens with one attached hydrogen (secondary N) is 1. The summed E-state index contributed by atoms with van der Waals surface area (Å²) in [6.45, 7) is 1.54. The minimum atomic E-state index is -3.84. The summed E-state index contributed by atoms with van der Waals surface area (Å²) in [5.74, 6) is 0.179. The number of anilines is 1. The Labute approximate surface area is 222 Å². The van der Waals surface area contributed by atoms with Crippen molar-refractivity contribution >= 4 is 39.1 Å². The van der Waals surface area contributed by atoms with Crippen LogP contribution in [-0.4, -0.2) is 56.8 Å². The lowest BCUT2D eigenvalue weighted by atomic mass is 10.1. The number of halogens is 1. The van der Waals surface area contributed by atoms with E-state index in [-0.39, 0.29) is 31.0 Å². The molecular weight excluding hydrogens is 518 g/mol. The molecule has 2 aromatic carbocycles. The SMILES string of the molecule is CC[C@H](C(=O)NC1CCCC1)N(Cc1ccc(Cl)cc1)C(=O)CN(c1ccc2c(c1)OCO2)S(C)(=O)=O. The zero-order chi connectivity index (χ0) is 26.6. The summed E-state index contributed by atoms with van der Waals surface area (Å²) in [7, 11) is -3.84. The van der Waals surface area contributed by atoms with Crippen molar-refractivity contribution in [1.29, 1.82) is 0 Å². The minimum absolute atomic E-state index is 0.0414. The number of carbonyl (C=O) groups excluding carboxylic acids is 2. The zero-order valence-corrected chi connectivity index (χ0v) is 22.6. The number of benzene rings is 2. The maximum Gasteiger partial charge on any atom is 0.244 e. The molecule has 0 spiro atoms. The summed E-state index contributed by atoms with van der Waals surface area (Å²) >= 11 is 6.04. The molecule has 1 N–H and O–H groups in total. The molecule has 1 atom stereocenters. The molecule has 9 nitrogen and oxygen atoms in total. The van der Waals surface area contributed by atoms with Gasteiger partial charge in [-0.2, -0.15) is 0 Å². The third kappa shape index (κ3) is 6.67. The van der Waals surface area contributed by atoms with E-state index < -0.39 is 28.5 Å². The van der Waals surface area contributed by atoms with Gasteiger partial charge in [0.15, 0.2) is 11.5 Å². The van der Waals surface area contributed by atoms with E-state index in [0.717, 1.165) is 41.8 Å². The van der Waals surface area contributed by atoms with E-state index in [2.05, 4.69) is 5.32 Å². The van der Waals surface area contributed by atoms with E-state index in [4.69, 9.17) is 21.1 Å². The van der Waals surface area contributed by atoms with Gasteiger partial charge in [-0.25, -0.2) is 8.42 Å². The smallest absolute Gasteiger partial charge is 0.244 e. The van der Waals surface area contributed by atoms with E-state index in [1.165, 1.54) is 11.0 Å². The number of hydrogen-bond acceptors (Lipinski definition) is 6. The van der Waals surface area contributed by atoms with Crippen LogP contribution in [0.5, 0.6) is 11.5 Å². The van der Waals surface area contributed by atoms with Crippen LogP contribution in [0.15, 0.2) is 42.5 Å². The number of nitrogens with zero attached hydrogens (tertiary/aromatic N) is 2. The molecule has 1 saturated carbocycles. The lowest BCUT2D eigenvalue weighted by molar-refractivity contribution is -0.140. The number of amides is 2. The van der Waals surface area contributed by atoms with Crippen LogP contribution in [0.2, 0.25) is 5.02 Å². The van der Waals surface area contributed by atoms with Crippen molar-refractivity contribution in [2.24, 2.45) is 0 Å². The van der Waals surface area contributed by atoms with Crippen LogP contribution < -0.4 is 19.1 Å². The minimum Gasteiger partial charge on any atom is -0.454 e. The monoisotopic (exact) mass is 549 g/mol. The summed E-state index contributed by atoms with van der Waals surface area (Å²) in [6, 6.07) is 11.0. The average Bonchev–Trinajstić information content (AvgIpc) is 3.54. The molecule has 37 heavy (non-hydrogen) atoms. The van der Waals surface area contributed by atoms with Gasteiger partial charge in [-0.1, -0.05) is 43.5 Å². The second kappa shape index (κ2) is 11.6. The van der Waals surface area contributed by atoms with Gasteiger partial charge >= 0.3 is 0 Å². The number of ether oxygens (including phenoxy) is 2. The van der Waals surface area contributed by atoms with Gasteiger partial charge in [0, 0.05) is 23.7 Å². The summed E-state index contributed by atoms with van der Waals surface area (Å²) in [6.07, 6.45) is 5.37. The summed E-state index contributed by atoms with van der Waals surface area (Å²) in [5, 5.41) is 3.64. The number of sulfonamides is 1. The van der Waals surface area contributed by atoms with Gasteiger partial charge in [-0.15, -0.1) is 0 Å². The fourth-order valence-corrected chi connectivity index (χ4v) is 5.70. The predicted molar refractivity (Wildman–Crippen MR) is 141 cm³/mol. The van der Waals surface area contributed by atoms with E-state index >= 15 is 0 Å². The first-order chi connectivity index (χ1) is 17.7. The van der Waals surface area contributed by atoms with Crippen LogP contribution in [0.3, 0.4) is 0 Å². The molecule has 0 bridgehead atoms. The largest absolute Gasteiger partial charge is 0.454 e. The first-order valence-electron chi connectivity index (χ1n) is 12.4. The normalized spacial score (nSPS) is 15.9. The highest BCUT2D eigenvalue weighted by Gasteiger charge is 2.33. The van der Waals surface area contributed by atoms with E-state index in [1.807, 2.05) is 6.92 Å². The third-order valence-electron chi connectivity index (χ3n) is 6.68. The second-order valence-corrected chi connectivity index (χ2v) is 11.7. The van der Waals surface area contributed by atoms with E-state index in [9.17, 15) is 18.0 Å². The Kier molecular flexibility index (Phi) is 8.49. The van der Waals surface area contributed by atoms with Crippen molar-refractivity contribution in [2.75, 3.05) is 23.9 Å². The Hall–Kier alpha value is -2.98. The van der Waals surface area contributed by atoms with Gasteiger partial charge in [0.25, 0.3) is 0 Å². The van der Waals surface area contributed by atoms with Crippen LogP contribution in [0, 0.1) is 0 Å². The molecule has 0 saturated heterocycles. The van der Waals surface area contributed by atoms with Crippen LogP contribution >= 0.6 is 11.6 Å². The van der Waals surface area contributed by atoms with Gasteiger partial charge in [-0.3, -0.25) is 13.9 Å². The number of hydrogen-bond donors (Lipinski definition) is 1. The van der Waals surface area contributed by atoms with Crippen molar-refractivity contribution in [3.05, 3.63) is 53.1 Å². The molecule has 1 fully saturated rings. The molecule has 2 amide bonds. The van der Waals surface area contributed by atoms with Gasteiger partial charge < -0.3 is 19.7 Å². The average molecular weight is 550 g/mol. The fraction of sp³-hybridized carbons (Fsp3) is 0.462. The Morgan fingerprint density at radius 1 is 1.08 bits per heavy atom. The summed E-state index contributed by atoms with van der Waals surface area (Å²) in [5.41, 5.74) is 1.05. The van der Waals surface area contributed by atoms with Crippen LogP contribution in [0.4, 0.5) is 5.69 Å². The predicted octanol–water partition coefficient (Wildman–Crippen LogP) is 3.70. The molecule has 2 aromatic rings. The lowest BCUT2D eigenvalue weighted by Crippen LogP contribution is -2.53. The van der Waals surface area contributed by atoms with Crippen LogP contribution in [-0.2, 0) is 26.2 Å². The van der Waals surface area contributed by atoms with Crippen molar-refractivity contribution in [1.82, 2.24) is 10.2 Å². The highest BCUT2D eigenvalue weighted by molar-refractivity contribution is 7.92. The van der Waals surface area contributed by atoms with Crippen LogP contribution in [0.1, 0.15) is 44.6 Å². The van der Waals surface area contributed by atoms with Crippen molar-refractivity contribution in [2.45, 2.75) is 57.7 Å². The van der Waals surface area contributed by atoms with E-state index in [0.29, 0.717) is 22.9 Å². The van der Waals surface area contributed by atoms with E-state index in [1.54, 1.807) is 36.4 Å². The quantitative estimate of drug-likeness (QED) is 0.484. The van der Waals surface area contributed by atoms with Gasteiger partial charge in [0.2, 0.25) is 28.6 Å².